The molecule has 0 spiro atoms. The van der Waals surface area contributed by atoms with Crippen LogP contribution in [0.4, 0.5) is 5.69 Å². The number of nitrogens with zero attached hydrogens (tertiary/aromatic N) is 3. The number of imidazole rings is 1. The van der Waals surface area contributed by atoms with Crippen LogP contribution in [0.2, 0.25) is 0 Å². The zero-order valence-electron chi connectivity index (χ0n) is 12.3. The van der Waals surface area contributed by atoms with E-state index >= 15 is 0 Å². The summed E-state index contributed by atoms with van der Waals surface area (Å²) in [6.07, 6.45) is 3.78. The highest BCUT2D eigenvalue weighted by Gasteiger charge is 2.05. The molecule has 21 heavy (non-hydrogen) atoms. The highest BCUT2D eigenvalue weighted by Crippen LogP contribution is 2.13. The summed E-state index contributed by atoms with van der Waals surface area (Å²) in [6, 6.07) is 6.60. The Morgan fingerprint density at radius 1 is 1.33 bits per heavy atom. The standard InChI is InChI=1S/C15H20N4O2/c1-12(2)7-16-8-14-10-18(11-17-14)9-13-3-5-15(6-4-13)19(20)21/h3-6,10-12,16H,7-9H2,1-2H3. The molecular formula is C15H20N4O2. The maximum atomic E-state index is 10.6. The normalized spacial score (nSPS) is 11.0. The molecule has 1 aromatic heterocycles. The second-order valence-electron chi connectivity index (χ2n) is 5.49. The predicted molar refractivity (Wildman–Crippen MR) is 81.0 cm³/mol. The summed E-state index contributed by atoms with van der Waals surface area (Å²) in [5.41, 5.74) is 2.13. The summed E-state index contributed by atoms with van der Waals surface area (Å²) >= 11 is 0. The first-order valence-corrected chi connectivity index (χ1v) is 6.99. The fourth-order valence-corrected chi connectivity index (χ4v) is 2.01. The Hall–Kier alpha value is -2.21. The molecule has 0 aliphatic heterocycles. The Kier molecular flexibility index (Phi) is 5.05. The Bertz CT molecular complexity index is 590. The molecule has 1 aromatic carbocycles. The summed E-state index contributed by atoms with van der Waals surface area (Å²) in [5.74, 6) is 0.618. The van der Waals surface area contributed by atoms with E-state index in [1.165, 1.54) is 12.1 Å². The van der Waals surface area contributed by atoms with E-state index in [-0.39, 0.29) is 10.6 Å². The summed E-state index contributed by atoms with van der Waals surface area (Å²) < 4.78 is 1.98. The smallest absolute Gasteiger partial charge is 0.269 e. The fraction of sp³-hybridized carbons (Fsp3) is 0.400. The molecule has 0 saturated heterocycles. The molecule has 0 radical (unpaired) electrons. The lowest BCUT2D eigenvalue weighted by Crippen LogP contribution is -2.19. The molecule has 6 heteroatoms. The molecule has 112 valence electrons. The molecular weight excluding hydrogens is 268 g/mol. The molecule has 2 aromatic rings. The molecule has 0 aliphatic rings. The molecule has 1 heterocycles. The van der Waals surface area contributed by atoms with Gasteiger partial charge in [-0.15, -0.1) is 0 Å². The minimum Gasteiger partial charge on any atom is -0.333 e. The Morgan fingerprint density at radius 3 is 2.67 bits per heavy atom. The van der Waals surface area contributed by atoms with E-state index in [1.54, 1.807) is 18.5 Å². The quantitative estimate of drug-likeness (QED) is 0.628. The minimum atomic E-state index is -0.389. The van der Waals surface area contributed by atoms with Gasteiger partial charge < -0.3 is 9.88 Å². The van der Waals surface area contributed by atoms with Crippen molar-refractivity contribution in [2.24, 2.45) is 5.92 Å². The van der Waals surface area contributed by atoms with Crippen LogP contribution in [0, 0.1) is 16.0 Å². The van der Waals surface area contributed by atoms with Gasteiger partial charge in [0.25, 0.3) is 5.69 Å². The van der Waals surface area contributed by atoms with Crippen molar-refractivity contribution in [1.82, 2.24) is 14.9 Å². The zero-order chi connectivity index (χ0) is 15.2. The summed E-state index contributed by atoms with van der Waals surface area (Å²) in [7, 11) is 0. The number of rotatable bonds is 7. The summed E-state index contributed by atoms with van der Waals surface area (Å²) in [5, 5.41) is 14.0. The van der Waals surface area contributed by atoms with Crippen molar-refractivity contribution in [1.29, 1.82) is 0 Å². The van der Waals surface area contributed by atoms with Crippen LogP contribution in [-0.2, 0) is 13.1 Å². The average molecular weight is 288 g/mol. The molecule has 0 fully saturated rings. The number of non-ortho nitro benzene ring substituents is 1. The second kappa shape index (κ2) is 6.99. The Morgan fingerprint density at radius 2 is 2.05 bits per heavy atom. The number of aromatic nitrogens is 2. The highest BCUT2D eigenvalue weighted by molar-refractivity contribution is 5.32. The van der Waals surface area contributed by atoms with Gasteiger partial charge in [0.1, 0.15) is 0 Å². The van der Waals surface area contributed by atoms with Crippen molar-refractivity contribution in [2.75, 3.05) is 6.54 Å². The lowest BCUT2D eigenvalue weighted by Gasteiger charge is -2.05. The van der Waals surface area contributed by atoms with E-state index in [2.05, 4.69) is 24.1 Å². The van der Waals surface area contributed by atoms with Crippen molar-refractivity contribution < 1.29 is 4.92 Å². The van der Waals surface area contributed by atoms with Gasteiger partial charge in [-0.3, -0.25) is 10.1 Å². The monoisotopic (exact) mass is 288 g/mol. The Balaban J connectivity index is 1.91. The number of benzene rings is 1. The third-order valence-electron chi connectivity index (χ3n) is 3.06. The minimum absolute atomic E-state index is 0.114. The van der Waals surface area contributed by atoms with Gasteiger partial charge in [0, 0.05) is 31.4 Å². The average Bonchev–Trinajstić information content (AvgIpc) is 2.86. The van der Waals surface area contributed by atoms with E-state index in [9.17, 15) is 10.1 Å². The van der Waals surface area contributed by atoms with Crippen LogP contribution in [0.25, 0.3) is 0 Å². The molecule has 0 aliphatic carbocycles. The molecule has 0 amide bonds. The van der Waals surface area contributed by atoms with Gasteiger partial charge in [-0.1, -0.05) is 26.0 Å². The van der Waals surface area contributed by atoms with E-state index in [4.69, 9.17) is 0 Å². The van der Waals surface area contributed by atoms with Crippen LogP contribution in [0.3, 0.4) is 0 Å². The summed E-state index contributed by atoms with van der Waals surface area (Å²) in [4.78, 5) is 14.6. The number of nitro groups is 1. The van der Waals surface area contributed by atoms with Gasteiger partial charge in [0.15, 0.2) is 0 Å². The number of hydrogen-bond acceptors (Lipinski definition) is 4. The van der Waals surface area contributed by atoms with Crippen LogP contribution in [-0.4, -0.2) is 21.0 Å². The number of hydrogen-bond donors (Lipinski definition) is 1. The van der Waals surface area contributed by atoms with Crippen LogP contribution < -0.4 is 5.32 Å². The molecule has 6 nitrogen and oxygen atoms in total. The summed E-state index contributed by atoms with van der Waals surface area (Å²) in [6.45, 7) is 6.72. The van der Waals surface area contributed by atoms with Crippen LogP contribution >= 0.6 is 0 Å². The first-order chi connectivity index (χ1) is 10.0. The largest absolute Gasteiger partial charge is 0.333 e. The number of nitrogens with one attached hydrogen (secondary N) is 1. The van der Waals surface area contributed by atoms with Crippen LogP contribution in [0.1, 0.15) is 25.1 Å². The third-order valence-corrected chi connectivity index (χ3v) is 3.06. The molecule has 0 unspecified atom stereocenters. The zero-order valence-corrected chi connectivity index (χ0v) is 12.3. The van der Waals surface area contributed by atoms with E-state index in [1.807, 2.05) is 10.8 Å². The lowest BCUT2D eigenvalue weighted by molar-refractivity contribution is -0.384. The molecule has 0 atom stereocenters. The molecule has 0 bridgehead atoms. The third kappa shape index (κ3) is 4.68. The molecule has 0 saturated carbocycles. The van der Waals surface area contributed by atoms with E-state index in [0.717, 1.165) is 24.3 Å². The maximum Gasteiger partial charge on any atom is 0.269 e. The van der Waals surface area contributed by atoms with E-state index < -0.39 is 0 Å². The number of nitro benzene ring substituents is 1. The van der Waals surface area contributed by atoms with Crippen molar-refractivity contribution in [3.8, 4) is 0 Å². The van der Waals surface area contributed by atoms with Gasteiger partial charge in [-0.25, -0.2) is 4.98 Å². The fourth-order valence-electron chi connectivity index (χ4n) is 2.01. The predicted octanol–water partition coefficient (Wildman–Crippen LogP) is 2.59. The van der Waals surface area contributed by atoms with Crippen molar-refractivity contribution in [3.63, 3.8) is 0 Å². The first kappa shape index (κ1) is 15.2. The maximum absolute atomic E-state index is 10.6. The van der Waals surface area contributed by atoms with Crippen molar-refractivity contribution in [3.05, 3.63) is 58.2 Å². The molecule has 2 rings (SSSR count). The van der Waals surface area contributed by atoms with Crippen LogP contribution in [0.15, 0.2) is 36.8 Å². The van der Waals surface area contributed by atoms with Gasteiger partial charge in [-0.05, 0) is 18.0 Å². The lowest BCUT2D eigenvalue weighted by atomic mass is 10.2. The van der Waals surface area contributed by atoms with Gasteiger partial charge >= 0.3 is 0 Å². The Labute approximate surface area is 124 Å². The SMILES string of the molecule is CC(C)CNCc1cn(Cc2ccc([N+](=O)[O-])cc2)cn1. The van der Waals surface area contributed by atoms with Crippen LogP contribution in [0.5, 0.6) is 0 Å². The highest BCUT2D eigenvalue weighted by atomic mass is 16.6. The second-order valence-corrected chi connectivity index (χ2v) is 5.49. The molecule has 1 N–H and O–H groups in total. The van der Waals surface area contributed by atoms with Crippen molar-refractivity contribution in [2.45, 2.75) is 26.9 Å². The van der Waals surface area contributed by atoms with Gasteiger partial charge in [0.2, 0.25) is 0 Å². The topological polar surface area (TPSA) is 73.0 Å². The van der Waals surface area contributed by atoms with Crippen molar-refractivity contribution >= 4 is 5.69 Å². The first-order valence-electron chi connectivity index (χ1n) is 6.99. The van der Waals surface area contributed by atoms with Gasteiger partial charge in [-0.2, -0.15) is 0 Å². The van der Waals surface area contributed by atoms with E-state index in [0.29, 0.717) is 12.5 Å². The van der Waals surface area contributed by atoms with Gasteiger partial charge in [0.05, 0.1) is 16.9 Å².